The van der Waals surface area contributed by atoms with Crippen molar-refractivity contribution in [2.45, 2.75) is 19.3 Å². The molecule has 100 valence electrons. The van der Waals surface area contributed by atoms with Crippen LogP contribution in [0.5, 0.6) is 0 Å². The zero-order valence-corrected chi connectivity index (χ0v) is 11.4. The number of carbonyl (C=O) groups is 2. The molecule has 0 N–H and O–H groups in total. The number of ketones is 2. The van der Waals surface area contributed by atoms with Gasteiger partial charge in [-0.25, -0.2) is 0 Å². The van der Waals surface area contributed by atoms with Crippen LogP contribution < -0.4 is 0 Å². The number of hydrogen-bond acceptors (Lipinski definition) is 2. The Morgan fingerprint density at radius 2 is 1.65 bits per heavy atom. The Hall–Kier alpha value is -2.22. The quantitative estimate of drug-likeness (QED) is 0.779. The fraction of sp³-hybridized carbons (Fsp3) is 0.222. The summed E-state index contributed by atoms with van der Waals surface area (Å²) in [4.78, 5) is 24.6. The number of carbonyl (C=O) groups excluding carboxylic acids is 2. The van der Waals surface area contributed by atoms with Gasteiger partial charge in [0.15, 0.2) is 5.78 Å². The smallest absolute Gasteiger partial charge is 0.174 e. The minimum absolute atomic E-state index is 0.0341. The van der Waals surface area contributed by atoms with Gasteiger partial charge in [-0.2, -0.15) is 0 Å². The van der Waals surface area contributed by atoms with Gasteiger partial charge in [0, 0.05) is 11.5 Å². The van der Waals surface area contributed by atoms with Gasteiger partial charge < -0.3 is 0 Å². The summed E-state index contributed by atoms with van der Waals surface area (Å²) in [7, 11) is 0. The summed E-state index contributed by atoms with van der Waals surface area (Å²) in [6.07, 6.45) is 0.746. The molecule has 2 nitrogen and oxygen atoms in total. The van der Waals surface area contributed by atoms with Crippen molar-refractivity contribution in [3.63, 3.8) is 0 Å². The molecule has 2 atom stereocenters. The number of fused-ring (bicyclic) bond motifs is 1. The first-order valence-electron chi connectivity index (χ1n) is 6.86. The second-order valence-corrected chi connectivity index (χ2v) is 5.33. The molecule has 2 aromatic carbocycles. The largest absolute Gasteiger partial charge is 0.299 e. The maximum Gasteiger partial charge on any atom is 0.174 e. The van der Waals surface area contributed by atoms with Gasteiger partial charge in [-0.3, -0.25) is 9.59 Å². The van der Waals surface area contributed by atoms with Gasteiger partial charge in [-0.15, -0.1) is 0 Å². The fourth-order valence-electron chi connectivity index (χ4n) is 3.12. The van der Waals surface area contributed by atoms with Crippen LogP contribution in [0, 0.1) is 5.92 Å². The van der Waals surface area contributed by atoms with Crippen LogP contribution in [0.1, 0.15) is 34.3 Å². The summed E-state index contributed by atoms with van der Waals surface area (Å²) < 4.78 is 0. The maximum absolute atomic E-state index is 12.6. The van der Waals surface area contributed by atoms with Gasteiger partial charge in [-0.1, -0.05) is 54.6 Å². The normalized spacial score (nSPS) is 21.4. The molecule has 0 amide bonds. The Bertz CT molecular complexity index is 658. The van der Waals surface area contributed by atoms with Gasteiger partial charge in [-0.05, 0) is 24.5 Å². The van der Waals surface area contributed by atoms with Gasteiger partial charge in [0.2, 0.25) is 0 Å². The van der Waals surface area contributed by atoms with Crippen molar-refractivity contribution in [1.82, 2.24) is 0 Å². The highest BCUT2D eigenvalue weighted by molar-refractivity contribution is 6.12. The molecule has 0 radical (unpaired) electrons. The number of Topliss-reactive ketones (excluding diaryl/α,β-unsaturated/α-hetero) is 2. The summed E-state index contributed by atoms with van der Waals surface area (Å²) in [5.74, 6) is -0.671. The van der Waals surface area contributed by atoms with E-state index >= 15 is 0 Å². The van der Waals surface area contributed by atoms with Crippen molar-refractivity contribution >= 4 is 11.6 Å². The first kappa shape index (κ1) is 12.8. The highest BCUT2D eigenvalue weighted by Gasteiger charge is 2.38. The molecule has 0 heterocycles. The van der Waals surface area contributed by atoms with E-state index in [1.54, 1.807) is 0 Å². The lowest BCUT2D eigenvalue weighted by atomic mass is 9.70. The molecule has 1 aliphatic carbocycles. The third kappa shape index (κ3) is 2.07. The van der Waals surface area contributed by atoms with Crippen molar-refractivity contribution in [1.29, 1.82) is 0 Å². The van der Waals surface area contributed by atoms with E-state index in [0.29, 0.717) is 5.56 Å². The molecule has 0 spiro atoms. The van der Waals surface area contributed by atoms with Crippen LogP contribution in [0.15, 0.2) is 54.6 Å². The molecule has 2 heteroatoms. The predicted octanol–water partition coefficient (Wildman–Crippen LogP) is 3.41. The summed E-state index contributed by atoms with van der Waals surface area (Å²) in [6.45, 7) is 1.52. The molecular weight excluding hydrogens is 248 g/mol. The fourth-order valence-corrected chi connectivity index (χ4v) is 3.12. The lowest BCUT2D eigenvalue weighted by Gasteiger charge is -2.30. The molecule has 0 fully saturated rings. The highest BCUT2D eigenvalue weighted by atomic mass is 16.1. The van der Waals surface area contributed by atoms with Crippen molar-refractivity contribution < 1.29 is 9.59 Å². The zero-order chi connectivity index (χ0) is 14.1. The molecule has 0 aliphatic heterocycles. The molecule has 0 bridgehead atoms. The van der Waals surface area contributed by atoms with Crippen molar-refractivity contribution in [3.05, 3.63) is 71.3 Å². The molecule has 20 heavy (non-hydrogen) atoms. The SMILES string of the molecule is CC(=O)[C@@H]1C(=O)c2ccccc2C[C@@H]1c1ccccc1. The van der Waals surface area contributed by atoms with Crippen LogP contribution in [0.3, 0.4) is 0 Å². The van der Waals surface area contributed by atoms with E-state index in [1.807, 2.05) is 54.6 Å². The monoisotopic (exact) mass is 264 g/mol. The number of benzene rings is 2. The van der Waals surface area contributed by atoms with E-state index < -0.39 is 5.92 Å². The molecular formula is C18H16O2. The lowest BCUT2D eigenvalue weighted by Crippen LogP contribution is -2.34. The Morgan fingerprint density at radius 1 is 1.00 bits per heavy atom. The van der Waals surface area contributed by atoms with E-state index in [9.17, 15) is 9.59 Å². The van der Waals surface area contributed by atoms with Crippen LogP contribution >= 0.6 is 0 Å². The Kier molecular flexibility index (Phi) is 3.23. The number of rotatable bonds is 2. The molecule has 2 aromatic rings. The van der Waals surface area contributed by atoms with E-state index in [4.69, 9.17) is 0 Å². The second kappa shape index (κ2) is 5.04. The topological polar surface area (TPSA) is 34.1 Å². The lowest BCUT2D eigenvalue weighted by molar-refractivity contribution is -0.120. The first-order chi connectivity index (χ1) is 9.68. The number of hydrogen-bond donors (Lipinski definition) is 0. The van der Waals surface area contributed by atoms with Crippen molar-refractivity contribution in [2.75, 3.05) is 0 Å². The molecule has 1 aliphatic rings. The average Bonchev–Trinajstić information content (AvgIpc) is 2.47. The van der Waals surface area contributed by atoms with E-state index in [1.165, 1.54) is 6.92 Å². The molecule has 0 saturated heterocycles. The van der Waals surface area contributed by atoms with Crippen LogP contribution in [-0.4, -0.2) is 11.6 Å². The molecule has 0 saturated carbocycles. The summed E-state index contributed by atoms with van der Waals surface area (Å²) in [6, 6.07) is 17.5. The summed E-state index contributed by atoms with van der Waals surface area (Å²) in [5.41, 5.74) is 2.82. The second-order valence-electron chi connectivity index (χ2n) is 5.33. The van der Waals surface area contributed by atoms with Crippen LogP contribution in [-0.2, 0) is 11.2 Å². The maximum atomic E-state index is 12.6. The summed E-state index contributed by atoms with van der Waals surface area (Å²) in [5, 5.41) is 0. The first-order valence-corrected chi connectivity index (χ1v) is 6.86. The van der Waals surface area contributed by atoms with E-state index in [0.717, 1.165) is 17.5 Å². The van der Waals surface area contributed by atoms with Crippen molar-refractivity contribution in [2.24, 2.45) is 5.92 Å². The Balaban J connectivity index is 2.11. The van der Waals surface area contributed by atoms with Crippen molar-refractivity contribution in [3.8, 4) is 0 Å². The molecule has 3 rings (SSSR count). The van der Waals surface area contributed by atoms with Crippen LogP contribution in [0.4, 0.5) is 0 Å². The third-order valence-electron chi connectivity index (χ3n) is 4.07. The molecule has 0 aromatic heterocycles. The van der Waals surface area contributed by atoms with Gasteiger partial charge in [0.05, 0.1) is 5.92 Å². The highest BCUT2D eigenvalue weighted by Crippen LogP contribution is 2.37. The Morgan fingerprint density at radius 3 is 2.35 bits per heavy atom. The standard InChI is InChI=1S/C18H16O2/c1-12(19)17-16(13-7-3-2-4-8-13)11-14-9-5-6-10-15(14)18(17)20/h2-10,16-17H,11H2,1H3/t16-,17+/m1/s1. The van der Waals surface area contributed by atoms with Crippen LogP contribution in [0.2, 0.25) is 0 Å². The van der Waals surface area contributed by atoms with Crippen LogP contribution in [0.25, 0.3) is 0 Å². The van der Waals surface area contributed by atoms with Gasteiger partial charge in [0.1, 0.15) is 5.78 Å². The van der Waals surface area contributed by atoms with E-state index in [-0.39, 0.29) is 17.5 Å². The minimum Gasteiger partial charge on any atom is -0.299 e. The zero-order valence-electron chi connectivity index (χ0n) is 11.4. The third-order valence-corrected chi connectivity index (χ3v) is 4.07. The van der Waals surface area contributed by atoms with Gasteiger partial charge in [0.25, 0.3) is 0 Å². The minimum atomic E-state index is -0.549. The van der Waals surface area contributed by atoms with Gasteiger partial charge >= 0.3 is 0 Å². The Labute approximate surface area is 118 Å². The molecule has 0 unspecified atom stereocenters. The van der Waals surface area contributed by atoms with E-state index in [2.05, 4.69) is 0 Å². The predicted molar refractivity (Wildman–Crippen MR) is 77.8 cm³/mol. The average molecular weight is 264 g/mol. The summed E-state index contributed by atoms with van der Waals surface area (Å²) >= 11 is 0.